The van der Waals surface area contributed by atoms with Crippen LogP contribution in [0, 0.1) is 0 Å². The van der Waals surface area contributed by atoms with Crippen molar-refractivity contribution in [1.29, 1.82) is 0 Å². The highest BCUT2D eigenvalue weighted by Gasteiger charge is 2.20. The van der Waals surface area contributed by atoms with Crippen LogP contribution in [-0.2, 0) is 16.0 Å². The summed E-state index contributed by atoms with van der Waals surface area (Å²) in [6.45, 7) is 1.37. The van der Waals surface area contributed by atoms with E-state index in [4.69, 9.17) is 0 Å². The third-order valence-corrected chi connectivity index (χ3v) is 3.85. The molecule has 2 rings (SSSR count). The van der Waals surface area contributed by atoms with Crippen LogP contribution in [0.4, 0.5) is 5.69 Å². The van der Waals surface area contributed by atoms with Crippen molar-refractivity contribution in [2.24, 2.45) is 0 Å². The number of nitrogens with one attached hydrogen (secondary N) is 2. The number of hydrogen-bond acceptors (Lipinski definition) is 3. The van der Waals surface area contributed by atoms with Gasteiger partial charge in [-0.05, 0) is 43.0 Å². The summed E-state index contributed by atoms with van der Waals surface area (Å²) in [6.07, 6.45) is 1.73. The lowest BCUT2D eigenvalue weighted by Gasteiger charge is -2.15. The maximum Gasteiger partial charge on any atom is 0.326 e. The Morgan fingerprint density at radius 3 is 2.42 bits per heavy atom. The maximum absolute atomic E-state index is 12.3. The van der Waals surface area contributed by atoms with Gasteiger partial charge >= 0.3 is 5.97 Å². The first kappa shape index (κ1) is 19.2. The van der Waals surface area contributed by atoms with E-state index in [1.165, 1.54) is 13.0 Å². The molecule has 0 aromatic heterocycles. The molecule has 0 unspecified atom stereocenters. The second kappa shape index (κ2) is 9.36. The van der Waals surface area contributed by atoms with E-state index in [9.17, 15) is 19.5 Å². The lowest BCUT2D eigenvalue weighted by molar-refractivity contribution is -0.139. The second-order valence-corrected chi connectivity index (χ2v) is 6.00. The fourth-order valence-electron chi connectivity index (χ4n) is 2.60. The molecule has 0 aliphatic heterocycles. The molecule has 0 bridgehead atoms. The van der Waals surface area contributed by atoms with Crippen molar-refractivity contribution in [2.75, 3.05) is 5.32 Å². The van der Waals surface area contributed by atoms with Gasteiger partial charge in [0.2, 0.25) is 5.91 Å². The summed E-state index contributed by atoms with van der Waals surface area (Å²) in [5.41, 5.74) is 1.91. The van der Waals surface area contributed by atoms with Crippen molar-refractivity contribution in [1.82, 2.24) is 5.32 Å². The van der Waals surface area contributed by atoms with Crippen molar-refractivity contribution in [2.45, 2.75) is 32.2 Å². The van der Waals surface area contributed by atoms with E-state index in [0.29, 0.717) is 24.1 Å². The molecule has 6 nitrogen and oxygen atoms in total. The molecule has 6 heteroatoms. The van der Waals surface area contributed by atoms with Gasteiger partial charge in [-0.25, -0.2) is 4.79 Å². The van der Waals surface area contributed by atoms with Crippen molar-refractivity contribution in [3.8, 4) is 0 Å². The fraction of sp³-hybridized carbons (Fsp3) is 0.250. The van der Waals surface area contributed by atoms with Gasteiger partial charge in [-0.3, -0.25) is 9.59 Å². The quantitative estimate of drug-likeness (QED) is 0.679. The lowest BCUT2D eigenvalue weighted by Crippen LogP contribution is -2.40. The van der Waals surface area contributed by atoms with Crippen LogP contribution in [0.3, 0.4) is 0 Å². The highest BCUT2D eigenvalue weighted by molar-refractivity contribution is 5.98. The smallest absolute Gasteiger partial charge is 0.326 e. The van der Waals surface area contributed by atoms with Gasteiger partial charge in [0.15, 0.2) is 0 Å². The van der Waals surface area contributed by atoms with Gasteiger partial charge in [0, 0.05) is 18.2 Å². The van der Waals surface area contributed by atoms with Crippen LogP contribution in [0.25, 0.3) is 0 Å². The molecule has 3 N–H and O–H groups in total. The number of carboxylic acids is 1. The Hall–Kier alpha value is -3.15. The summed E-state index contributed by atoms with van der Waals surface area (Å²) in [6, 6.07) is 15.2. The molecule has 0 heterocycles. The molecule has 0 radical (unpaired) electrons. The molecule has 136 valence electrons. The van der Waals surface area contributed by atoms with E-state index in [-0.39, 0.29) is 5.91 Å². The molecule has 0 aliphatic rings. The highest BCUT2D eigenvalue weighted by atomic mass is 16.4. The van der Waals surface area contributed by atoms with Crippen LogP contribution in [0.1, 0.15) is 35.7 Å². The Balaban J connectivity index is 1.95. The van der Waals surface area contributed by atoms with E-state index >= 15 is 0 Å². The zero-order valence-corrected chi connectivity index (χ0v) is 14.6. The Bertz CT molecular complexity index is 774. The number of hydrogen-bond donors (Lipinski definition) is 3. The molecule has 0 spiro atoms. The molecule has 2 aromatic rings. The molecule has 0 aliphatic carbocycles. The minimum atomic E-state index is -1.07. The summed E-state index contributed by atoms with van der Waals surface area (Å²) in [5.74, 6) is -1.79. The van der Waals surface area contributed by atoms with E-state index < -0.39 is 17.9 Å². The van der Waals surface area contributed by atoms with Gasteiger partial charge in [-0.15, -0.1) is 0 Å². The largest absolute Gasteiger partial charge is 0.480 e. The maximum atomic E-state index is 12.3. The number of aliphatic carboxylic acids is 1. The Labute approximate surface area is 152 Å². The van der Waals surface area contributed by atoms with Crippen molar-refractivity contribution < 1.29 is 19.5 Å². The second-order valence-electron chi connectivity index (χ2n) is 6.00. The van der Waals surface area contributed by atoms with Gasteiger partial charge in [0.25, 0.3) is 5.91 Å². The number of anilines is 1. The predicted octanol–water partition coefficient (Wildman–Crippen LogP) is 2.85. The van der Waals surface area contributed by atoms with E-state index in [0.717, 1.165) is 12.0 Å². The van der Waals surface area contributed by atoms with Gasteiger partial charge in [0.1, 0.15) is 6.04 Å². The number of rotatable bonds is 8. The van der Waals surface area contributed by atoms with Crippen LogP contribution >= 0.6 is 0 Å². The molecular weight excluding hydrogens is 332 g/mol. The average Bonchev–Trinajstić information content (AvgIpc) is 2.61. The minimum absolute atomic E-state index is 0.244. The van der Waals surface area contributed by atoms with Crippen LogP contribution < -0.4 is 10.6 Å². The van der Waals surface area contributed by atoms with E-state index in [1.54, 1.807) is 18.2 Å². The molecule has 2 aromatic carbocycles. The topological polar surface area (TPSA) is 95.5 Å². The average molecular weight is 354 g/mol. The Morgan fingerprint density at radius 2 is 1.77 bits per heavy atom. The number of benzene rings is 2. The predicted molar refractivity (Wildman–Crippen MR) is 99.0 cm³/mol. The number of carbonyl (C=O) groups excluding carboxylic acids is 2. The highest BCUT2D eigenvalue weighted by Crippen LogP contribution is 2.12. The molecule has 0 fully saturated rings. The summed E-state index contributed by atoms with van der Waals surface area (Å²) in [7, 11) is 0. The van der Waals surface area contributed by atoms with Crippen LogP contribution in [0.15, 0.2) is 54.6 Å². The van der Waals surface area contributed by atoms with E-state index in [2.05, 4.69) is 10.6 Å². The first-order chi connectivity index (χ1) is 12.5. The molecule has 2 amide bonds. The third kappa shape index (κ3) is 6.05. The SMILES string of the molecule is CC(=O)Nc1cccc(C(=O)N[C@@H](CCCc2ccccc2)C(=O)O)c1. The summed E-state index contributed by atoms with van der Waals surface area (Å²) in [4.78, 5) is 34.9. The monoisotopic (exact) mass is 354 g/mol. The Morgan fingerprint density at radius 1 is 1.04 bits per heavy atom. The van der Waals surface area contributed by atoms with Crippen molar-refractivity contribution in [3.05, 3.63) is 65.7 Å². The van der Waals surface area contributed by atoms with Crippen molar-refractivity contribution >= 4 is 23.5 Å². The zero-order chi connectivity index (χ0) is 18.9. The zero-order valence-electron chi connectivity index (χ0n) is 14.6. The van der Waals surface area contributed by atoms with Gasteiger partial charge < -0.3 is 15.7 Å². The molecule has 26 heavy (non-hydrogen) atoms. The van der Waals surface area contributed by atoms with Gasteiger partial charge in [-0.1, -0.05) is 36.4 Å². The van der Waals surface area contributed by atoms with Crippen LogP contribution in [-0.4, -0.2) is 28.9 Å². The van der Waals surface area contributed by atoms with Crippen LogP contribution in [0.5, 0.6) is 0 Å². The Kier molecular flexibility index (Phi) is 6.91. The first-order valence-corrected chi connectivity index (χ1v) is 8.41. The normalized spacial score (nSPS) is 11.4. The lowest BCUT2D eigenvalue weighted by atomic mass is 10.0. The summed E-state index contributed by atoms with van der Waals surface area (Å²) < 4.78 is 0. The number of amides is 2. The molecule has 0 saturated carbocycles. The van der Waals surface area contributed by atoms with Gasteiger partial charge in [0.05, 0.1) is 0 Å². The molecule has 1 atom stereocenters. The van der Waals surface area contributed by atoms with E-state index in [1.807, 2.05) is 30.3 Å². The van der Waals surface area contributed by atoms with Crippen LogP contribution in [0.2, 0.25) is 0 Å². The summed E-state index contributed by atoms with van der Waals surface area (Å²) in [5, 5.41) is 14.5. The standard InChI is InChI=1S/C20H22N2O4/c1-14(23)21-17-11-6-10-16(13-17)19(24)22-18(20(25)26)12-5-9-15-7-3-2-4-8-15/h2-4,6-8,10-11,13,18H,5,9,12H2,1H3,(H,21,23)(H,22,24)(H,25,26)/t18-/m0/s1. The molecule has 0 saturated heterocycles. The number of carboxylic acid groups (broad SMARTS) is 1. The van der Waals surface area contributed by atoms with Crippen molar-refractivity contribution in [3.63, 3.8) is 0 Å². The van der Waals surface area contributed by atoms with Gasteiger partial charge in [-0.2, -0.15) is 0 Å². The summed E-state index contributed by atoms with van der Waals surface area (Å²) >= 11 is 0. The minimum Gasteiger partial charge on any atom is -0.480 e. The fourth-order valence-corrected chi connectivity index (χ4v) is 2.60. The number of aryl methyl sites for hydroxylation is 1. The number of carbonyl (C=O) groups is 3. The third-order valence-electron chi connectivity index (χ3n) is 3.85. The first-order valence-electron chi connectivity index (χ1n) is 8.41. The molecular formula is C20H22N2O4.